The summed E-state index contributed by atoms with van der Waals surface area (Å²) < 4.78 is 69.4. The van der Waals surface area contributed by atoms with E-state index in [0.29, 0.717) is 0 Å². The summed E-state index contributed by atoms with van der Waals surface area (Å²) in [4.78, 5) is 22.2. The standard InChI is InChI=1S/C12H9F5O3S/c1-4(3-21-5(2)18)12(19)20-11-9(16)7(14)6(13)8(15)10(11)17/h4H,3H2,1-2H3/t4-/m1/s1. The van der Waals surface area contributed by atoms with Crippen molar-refractivity contribution in [3.63, 3.8) is 0 Å². The van der Waals surface area contributed by atoms with E-state index >= 15 is 0 Å². The summed E-state index contributed by atoms with van der Waals surface area (Å²) in [6.45, 7) is 2.52. The Labute approximate surface area is 120 Å². The first-order valence-corrected chi connectivity index (χ1v) is 6.51. The molecule has 0 unspecified atom stereocenters. The molecule has 0 aliphatic heterocycles. The van der Waals surface area contributed by atoms with Crippen molar-refractivity contribution in [3.8, 4) is 5.75 Å². The lowest BCUT2D eigenvalue weighted by Gasteiger charge is -2.12. The monoisotopic (exact) mass is 328 g/mol. The highest BCUT2D eigenvalue weighted by Gasteiger charge is 2.29. The van der Waals surface area contributed by atoms with Gasteiger partial charge in [-0.25, -0.2) is 13.2 Å². The molecule has 0 fully saturated rings. The second-order valence-corrected chi connectivity index (χ2v) is 5.22. The van der Waals surface area contributed by atoms with Crippen molar-refractivity contribution in [2.24, 2.45) is 5.92 Å². The van der Waals surface area contributed by atoms with Gasteiger partial charge in [-0.15, -0.1) is 0 Å². The van der Waals surface area contributed by atoms with Gasteiger partial charge in [-0.2, -0.15) is 8.78 Å². The molecule has 0 amide bonds. The smallest absolute Gasteiger partial charge is 0.315 e. The molecule has 0 heterocycles. The molecule has 1 aromatic rings. The highest BCUT2D eigenvalue weighted by atomic mass is 32.2. The Morgan fingerprint density at radius 2 is 1.43 bits per heavy atom. The van der Waals surface area contributed by atoms with Crippen LogP contribution in [0, 0.1) is 35.0 Å². The van der Waals surface area contributed by atoms with E-state index in [1.807, 2.05) is 0 Å². The van der Waals surface area contributed by atoms with Gasteiger partial charge in [0.05, 0.1) is 5.92 Å². The second kappa shape index (κ2) is 6.88. The molecule has 0 radical (unpaired) electrons. The van der Waals surface area contributed by atoms with Gasteiger partial charge in [-0.05, 0) is 0 Å². The molecule has 1 aromatic carbocycles. The van der Waals surface area contributed by atoms with E-state index in [0.717, 1.165) is 11.8 Å². The van der Waals surface area contributed by atoms with E-state index in [4.69, 9.17) is 0 Å². The summed E-state index contributed by atoms with van der Waals surface area (Å²) in [6.07, 6.45) is 0. The zero-order valence-corrected chi connectivity index (χ0v) is 11.6. The normalized spacial score (nSPS) is 12.1. The predicted molar refractivity (Wildman–Crippen MR) is 64.2 cm³/mol. The fourth-order valence-electron chi connectivity index (χ4n) is 1.19. The van der Waals surface area contributed by atoms with Crippen molar-refractivity contribution in [1.82, 2.24) is 0 Å². The number of carbonyl (C=O) groups excluding carboxylic acids is 2. The van der Waals surface area contributed by atoms with Crippen molar-refractivity contribution >= 4 is 22.8 Å². The van der Waals surface area contributed by atoms with Gasteiger partial charge >= 0.3 is 5.97 Å². The van der Waals surface area contributed by atoms with Crippen LogP contribution in [-0.4, -0.2) is 16.8 Å². The molecule has 0 bridgehead atoms. The Hall–Kier alpha value is -1.64. The first-order chi connectivity index (χ1) is 9.66. The van der Waals surface area contributed by atoms with E-state index in [2.05, 4.69) is 4.74 Å². The maximum Gasteiger partial charge on any atom is 0.315 e. The zero-order chi connectivity index (χ0) is 16.3. The molecular weight excluding hydrogens is 319 g/mol. The molecule has 0 saturated heterocycles. The van der Waals surface area contributed by atoms with E-state index < -0.39 is 46.7 Å². The third kappa shape index (κ3) is 3.93. The first kappa shape index (κ1) is 17.4. The van der Waals surface area contributed by atoms with Gasteiger partial charge < -0.3 is 4.74 Å². The lowest BCUT2D eigenvalue weighted by atomic mass is 10.2. The van der Waals surface area contributed by atoms with Crippen LogP contribution >= 0.6 is 11.8 Å². The Morgan fingerprint density at radius 3 is 1.86 bits per heavy atom. The first-order valence-electron chi connectivity index (χ1n) is 5.53. The highest BCUT2D eigenvalue weighted by molar-refractivity contribution is 8.13. The Bertz CT molecular complexity index is 562. The molecule has 0 spiro atoms. The van der Waals surface area contributed by atoms with Gasteiger partial charge in [-0.3, -0.25) is 9.59 Å². The average molecular weight is 328 g/mol. The van der Waals surface area contributed by atoms with Gasteiger partial charge in [-0.1, -0.05) is 18.7 Å². The van der Waals surface area contributed by atoms with E-state index in [1.54, 1.807) is 0 Å². The minimum Gasteiger partial charge on any atom is -0.420 e. The van der Waals surface area contributed by atoms with Crippen molar-refractivity contribution < 1.29 is 36.3 Å². The number of benzene rings is 1. The summed E-state index contributed by atoms with van der Waals surface area (Å²) >= 11 is 0.760. The molecular formula is C12H9F5O3S. The largest absolute Gasteiger partial charge is 0.420 e. The average Bonchev–Trinajstić information content (AvgIpc) is 2.44. The van der Waals surface area contributed by atoms with Crippen LogP contribution in [0.4, 0.5) is 22.0 Å². The fourth-order valence-corrected chi connectivity index (χ4v) is 1.81. The van der Waals surface area contributed by atoms with Crippen molar-refractivity contribution in [3.05, 3.63) is 29.1 Å². The summed E-state index contributed by atoms with van der Waals surface area (Å²) in [5.41, 5.74) is 0. The molecule has 3 nitrogen and oxygen atoms in total. The minimum atomic E-state index is -2.34. The second-order valence-electron chi connectivity index (χ2n) is 4.02. The third-order valence-corrected chi connectivity index (χ3v) is 3.38. The number of halogens is 5. The Morgan fingerprint density at radius 1 is 1.00 bits per heavy atom. The van der Waals surface area contributed by atoms with Crippen LogP contribution in [0.25, 0.3) is 0 Å². The van der Waals surface area contributed by atoms with Crippen LogP contribution in [-0.2, 0) is 9.59 Å². The molecule has 1 atom stereocenters. The molecule has 0 aliphatic carbocycles. The Kier molecular flexibility index (Phi) is 5.70. The highest BCUT2D eigenvalue weighted by Crippen LogP contribution is 2.29. The number of hydrogen-bond donors (Lipinski definition) is 0. The van der Waals surface area contributed by atoms with E-state index in [9.17, 15) is 31.5 Å². The van der Waals surface area contributed by atoms with Crippen molar-refractivity contribution in [2.75, 3.05) is 5.75 Å². The molecule has 0 saturated carbocycles. The van der Waals surface area contributed by atoms with Crippen LogP contribution in [0.5, 0.6) is 5.75 Å². The summed E-state index contributed by atoms with van der Waals surface area (Å²) in [7, 11) is 0. The zero-order valence-electron chi connectivity index (χ0n) is 10.8. The maximum atomic E-state index is 13.3. The molecule has 21 heavy (non-hydrogen) atoms. The van der Waals surface area contributed by atoms with Crippen molar-refractivity contribution in [2.45, 2.75) is 13.8 Å². The molecule has 0 N–H and O–H groups in total. The van der Waals surface area contributed by atoms with Crippen LogP contribution < -0.4 is 4.74 Å². The number of rotatable bonds is 4. The Balaban J connectivity index is 2.98. The van der Waals surface area contributed by atoms with Crippen LogP contribution in [0.2, 0.25) is 0 Å². The molecule has 1 rings (SSSR count). The lowest BCUT2D eigenvalue weighted by molar-refractivity contribution is -0.138. The molecule has 9 heteroatoms. The molecule has 116 valence electrons. The van der Waals surface area contributed by atoms with Gasteiger partial charge in [0, 0.05) is 12.7 Å². The predicted octanol–water partition coefficient (Wildman–Crippen LogP) is 3.20. The number of thioether (sulfide) groups is 1. The van der Waals surface area contributed by atoms with E-state index in [-0.39, 0.29) is 10.9 Å². The number of esters is 1. The topological polar surface area (TPSA) is 43.4 Å². The van der Waals surface area contributed by atoms with Crippen molar-refractivity contribution in [1.29, 1.82) is 0 Å². The van der Waals surface area contributed by atoms with Gasteiger partial charge in [0.25, 0.3) is 0 Å². The van der Waals surface area contributed by atoms with E-state index in [1.165, 1.54) is 13.8 Å². The number of carbonyl (C=O) groups is 2. The molecule has 0 aromatic heterocycles. The summed E-state index contributed by atoms with van der Waals surface area (Å²) in [6, 6.07) is 0. The van der Waals surface area contributed by atoms with Gasteiger partial charge in [0.15, 0.2) is 5.12 Å². The van der Waals surface area contributed by atoms with Crippen LogP contribution in [0.3, 0.4) is 0 Å². The SMILES string of the molecule is CC(=O)SC[C@@H](C)C(=O)Oc1c(F)c(F)c(F)c(F)c1F. The van der Waals surface area contributed by atoms with Crippen LogP contribution in [0.15, 0.2) is 0 Å². The van der Waals surface area contributed by atoms with Gasteiger partial charge in [0.2, 0.25) is 34.8 Å². The lowest BCUT2D eigenvalue weighted by Crippen LogP contribution is -2.22. The van der Waals surface area contributed by atoms with Crippen LogP contribution in [0.1, 0.15) is 13.8 Å². The fraction of sp³-hybridized carbons (Fsp3) is 0.333. The van der Waals surface area contributed by atoms with Gasteiger partial charge in [0.1, 0.15) is 0 Å². The summed E-state index contributed by atoms with van der Waals surface area (Å²) in [5, 5.41) is -0.300. The quantitative estimate of drug-likeness (QED) is 0.280. The number of ether oxygens (including phenoxy) is 1. The summed E-state index contributed by atoms with van der Waals surface area (Å²) in [5.74, 6) is -15.1. The third-order valence-electron chi connectivity index (χ3n) is 2.31. The minimum absolute atomic E-state index is 0.0520. The molecule has 0 aliphatic rings. The maximum absolute atomic E-state index is 13.3. The number of hydrogen-bond acceptors (Lipinski definition) is 4.